The standard InChI is InChI=1S/C10H8N6O/c11-7-5-13-9-8(14-7)15-10(17)16(9)6-1-3-12-4-2-6/h1-5H,(H3,11,14,15,17). The van der Waals surface area contributed by atoms with Crippen LogP contribution in [-0.4, -0.2) is 24.5 Å². The molecule has 3 aromatic heterocycles. The fourth-order valence-electron chi connectivity index (χ4n) is 1.63. The molecule has 17 heavy (non-hydrogen) atoms. The lowest BCUT2D eigenvalue weighted by atomic mass is 10.4. The van der Waals surface area contributed by atoms with Crippen LogP contribution in [0.4, 0.5) is 5.82 Å². The third-order valence-electron chi connectivity index (χ3n) is 2.33. The molecule has 7 heteroatoms. The van der Waals surface area contributed by atoms with Gasteiger partial charge in [-0.2, -0.15) is 0 Å². The third kappa shape index (κ3) is 1.44. The zero-order chi connectivity index (χ0) is 11.8. The summed E-state index contributed by atoms with van der Waals surface area (Å²) in [6.07, 6.45) is 4.62. The molecule has 0 radical (unpaired) electrons. The number of pyridine rings is 1. The summed E-state index contributed by atoms with van der Waals surface area (Å²) in [5.41, 5.74) is 6.68. The Morgan fingerprint density at radius 1 is 1.29 bits per heavy atom. The number of aromatic nitrogens is 5. The fourth-order valence-corrected chi connectivity index (χ4v) is 1.63. The molecule has 0 unspecified atom stereocenters. The molecule has 0 spiro atoms. The maximum atomic E-state index is 11.8. The maximum absolute atomic E-state index is 11.8. The Morgan fingerprint density at radius 2 is 2.06 bits per heavy atom. The average Bonchev–Trinajstić information content (AvgIpc) is 2.65. The summed E-state index contributed by atoms with van der Waals surface area (Å²) in [5.74, 6) is 0.264. The van der Waals surface area contributed by atoms with Gasteiger partial charge in [0, 0.05) is 12.4 Å². The van der Waals surface area contributed by atoms with Crippen molar-refractivity contribution in [2.24, 2.45) is 0 Å². The molecule has 0 fully saturated rings. The van der Waals surface area contributed by atoms with Crippen molar-refractivity contribution >= 4 is 17.1 Å². The normalized spacial score (nSPS) is 10.8. The highest BCUT2D eigenvalue weighted by atomic mass is 16.1. The minimum absolute atomic E-state index is 0.264. The van der Waals surface area contributed by atoms with Crippen molar-refractivity contribution in [2.75, 3.05) is 5.73 Å². The van der Waals surface area contributed by atoms with Crippen LogP contribution in [0, 0.1) is 0 Å². The van der Waals surface area contributed by atoms with Crippen LogP contribution in [0.15, 0.2) is 35.5 Å². The molecule has 0 amide bonds. The van der Waals surface area contributed by atoms with E-state index in [1.165, 1.54) is 10.8 Å². The number of hydrogen-bond donors (Lipinski definition) is 2. The zero-order valence-electron chi connectivity index (χ0n) is 8.66. The molecule has 0 aliphatic heterocycles. The highest BCUT2D eigenvalue weighted by molar-refractivity contribution is 5.69. The van der Waals surface area contributed by atoms with E-state index in [0.29, 0.717) is 17.0 Å². The van der Waals surface area contributed by atoms with Gasteiger partial charge in [-0.05, 0) is 12.1 Å². The number of imidazole rings is 1. The first-order chi connectivity index (χ1) is 8.25. The molecule has 84 valence electrons. The van der Waals surface area contributed by atoms with E-state index < -0.39 is 0 Å². The second kappa shape index (κ2) is 3.41. The predicted octanol–water partition coefficient (Wildman–Crippen LogP) is 0.0860. The Bertz CT molecular complexity index is 729. The molecule has 3 N–H and O–H groups in total. The van der Waals surface area contributed by atoms with E-state index in [1.54, 1.807) is 24.5 Å². The summed E-state index contributed by atoms with van der Waals surface area (Å²) >= 11 is 0. The topological polar surface area (TPSA) is 102 Å². The zero-order valence-corrected chi connectivity index (χ0v) is 8.66. The Balaban J connectivity index is 2.37. The van der Waals surface area contributed by atoms with Gasteiger partial charge >= 0.3 is 5.69 Å². The Morgan fingerprint density at radius 3 is 2.82 bits per heavy atom. The van der Waals surface area contributed by atoms with Crippen LogP contribution in [0.5, 0.6) is 0 Å². The predicted molar refractivity (Wildman–Crippen MR) is 61.7 cm³/mol. The van der Waals surface area contributed by atoms with Crippen molar-refractivity contribution in [2.45, 2.75) is 0 Å². The van der Waals surface area contributed by atoms with Gasteiger partial charge in [-0.25, -0.2) is 19.3 Å². The quantitative estimate of drug-likeness (QED) is 0.614. The van der Waals surface area contributed by atoms with E-state index in [9.17, 15) is 4.79 Å². The maximum Gasteiger partial charge on any atom is 0.333 e. The second-order valence-corrected chi connectivity index (χ2v) is 3.44. The van der Waals surface area contributed by atoms with Gasteiger partial charge in [-0.3, -0.25) is 9.97 Å². The van der Waals surface area contributed by atoms with E-state index in [2.05, 4.69) is 19.9 Å². The molecular formula is C10H8N6O. The molecule has 0 aliphatic carbocycles. The van der Waals surface area contributed by atoms with Gasteiger partial charge in [0.1, 0.15) is 5.82 Å². The van der Waals surface area contributed by atoms with Gasteiger partial charge in [0.25, 0.3) is 0 Å². The molecule has 0 aromatic carbocycles. The number of H-pyrrole nitrogens is 1. The molecular weight excluding hydrogens is 220 g/mol. The van der Waals surface area contributed by atoms with Gasteiger partial charge in [-0.1, -0.05) is 0 Å². The van der Waals surface area contributed by atoms with Crippen LogP contribution >= 0.6 is 0 Å². The number of anilines is 1. The second-order valence-electron chi connectivity index (χ2n) is 3.44. The molecule has 0 aliphatic rings. The molecule has 0 saturated carbocycles. The smallest absolute Gasteiger partial charge is 0.333 e. The minimum Gasteiger partial charge on any atom is -0.382 e. The summed E-state index contributed by atoms with van der Waals surface area (Å²) in [6.45, 7) is 0. The van der Waals surface area contributed by atoms with Crippen molar-refractivity contribution in [1.82, 2.24) is 24.5 Å². The Labute approximate surface area is 95.0 Å². The van der Waals surface area contributed by atoms with Gasteiger partial charge in [0.15, 0.2) is 11.3 Å². The molecule has 7 nitrogen and oxygen atoms in total. The first kappa shape index (κ1) is 9.52. The lowest BCUT2D eigenvalue weighted by Crippen LogP contribution is -2.14. The van der Waals surface area contributed by atoms with E-state index in [-0.39, 0.29) is 11.5 Å². The van der Waals surface area contributed by atoms with E-state index in [0.717, 1.165) is 0 Å². The number of nitrogens with one attached hydrogen (secondary N) is 1. The first-order valence-corrected chi connectivity index (χ1v) is 4.89. The molecule has 3 aromatic rings. The van der Waals surface area contributed by atoms with Crippen LogP contribution < -0.4 is 11.4 Å². The van der Waals surface area contributed by atoms with E-state index >= 15 is 0 Å². The summed E-state index contributed by atoms with van der Waals surface area (Å²) in [5, 5.41) is 0. The summed E-state index contributed by atoms with van der Waals surface area (Å²) in [4.78, 5) is 26.4. The van der Waals surface area contributed by atoms with Crippen LogP contribution in [0.3, 0.4) is 0 Å². The van der Waals surface area contributed by atoms with Crippen LogP contribution in [-0.2, 0) is 0 Å². The Hall–Kier alpha value is -2.70. The lowest BCUT2D eigenvalue weighted by Gasteiger charge is -2.00. The fraction of sp³-hybridized carbons (Fsp3) is 0. The van der Waals surface area contributed by atoms with Crippen molar-refractivity contribution < 1.29 is 0 Å². The summed E-state index contributed by atoms with van der Waals surface area (Å²) < 4.78 is 1.42. The van der Waals surface area contributed by atoms with Crippen molar-refractivity contribution in [3.05, 3.63) is 41.2 Å². The van der Waals surface area contributed by atoms with Gasteiger partial charge in [0.2, 0.25) is 0 Å². The van der Waals surface area contributed by atoms with E-state index in [1.807, 2.05) is 0 Å². The number of aromatic amines is 1. The van der Waals surface area contributed by atoms with Gasteiger partial charge in [-0.15, -0.1) is 0 Å². The monoisotopic (exact) mass is 228 g/mol. The number of hydrogen-bond acceptors (Lipinski definition) is 5. The lowest BCUT2D eigenvalue weighted by molar-refractivity contribution is 0.995. The Kier molecular flexibility index (Phi) is 1.91. The van der Waals surface area contributed by atoms with Crippen LogP contribution in [0.1, 0.15) is 0 Å². The molecule has 3 rings (SSSR count). The van der Waals surface area contributed by atoms with Gasteiger partial charge in [0.05, 0.1) is 11.9 Å². The highest BCUT2D eigenvalue weighted by Crippen LogP contribution is 2.11. The molecule has 3 heterocycles. The molecule has 0 saturated heterocycles. The van der Waals surface area contributed by atoms with Gasteiger partial charge < -0.3 is 5.73 Å². The SMILES string of the molecule is Nc1cnc2c(n1)[nH]c(=O)n2-c1ccncc1. The third-order valence-corrected chi connectivity index (χ3v) is 2.33. The number of nitrogens with two attached hydrogens (primary N) is 1. The molecule has 0 bridgehead atoms. The number of nitrogens with zero attached hydrogens (tertiary/aromatic N) is 4. The van der Waals surface area contributed by atoms with E-state index in [4.69, 9.17) is 5.73 Å². The van der Waals surface area contributed by atoms with Crippen LogP contribution in [0.25, 0.3) is 17.0 Å². The number of rotatable bonds is 1. The highest BCUT2D eigenvalue weighted by Gasteiger charge is 2.10. The largest absolute Gasteiger partial charge is 0.382 e. The first-order valence-electron chi connectivity index (χ1n) is 4.89. The van der Waals surface area contributed by atoms with Crippen molar-refractivity contribution in [3.8, 4) is 5.69 Å². The number of nitrogen functional groups attached to an aromatic ring is 1. The average molecular weight is 228 g/mol. The number of fused-ring (bicyclic) bond motifs is 1. The summed E-state index contributed by atoms with van der Waals surface area (Å²) in [6, 6.07) is 3.43. The van der Waals surface area contributed by atoms with Crippen molar-refractivity contribution in [1.29, 1.82) is 0 Å². The molecule has 0 atom stereocenters. The summed E-state index contributed by atoms with van der Waals surface area (Å²) in [7, 11) is 0. The minimum atomic E-state index is -0.309. The van der Waals surface area contributed by atoms with Crippen LogP contribution in [0.2, 0.25) is 0 Å². The van der Waals surface area contributed by atoms with Crippen molar-refractivity contribution in [3.63, 3.8) is 0 Å².